The Hall–Kier alpha value is -1.80. The highest BCUT2D eigenvalue weighted by molar-refractivity contribution is 7.92. The zero-order chi connectivity index (χ0) is 14.8. The molecule has 110 valence electrons. The lowest BCUT2D eigenvalue weighted by atomic mass is 10.4. The summed E-state index contributed by atoms with van der Waals surface area (Å²) in [5.41, 5.74) is 0.418. The normalized spacial score (nSPS) is 11.8. The first-order chi connectivity index (χ1) is 9.42. The van der Waals surface area contributed by atoms with Crippen molar-refractivity contribution in [3.05, 3.63) is 30.0 Å². The van der Waals surface area contributed by atoms with E-state index in [-0.39, 0.29) is 4.90 Å². The SMILES string of the molecule is CCNCc1cc(S(=O)(=O)Nc2cnn(C)c2)c(C)o1. The largest absolute Gasteiger partial charge is 0.464 e. The number of nitrogens with zero attached hydrogens (tertiary/aromatic N) is 2. The van der Waals surface area contributed by atoms with E-state index in [0.29, 0.717) is 23.8 Å². The van der Waals surface area contributed by atoms with E-state index in [1.54, 1.807) is 20.2 Å². The van der Waals surface area contributed by atoms with Gasteiger partial charge in [0.1, 0.15) is 16.4 Å². The number of rotatable bonds is 6. The molecule has 0 spiro atoms. The molecular formula is C12H18N4O3S. The molecular weight excluding hydrogens is 280 g/mol. The van der Waals surface area contributed by atoms with E-state index in [0.717, 1.165) is 6.54 Å². The standard InChI is InChI=1S/C12H18N4O3S/c1-4-13-7-11-5-12(9(2)19-11)20(17,18)15-10-6-14-16(3)8-10/h5-6,8,13,15H,4,7H2,1-3H3. The summed E-state index contributed by atoms with van der Waals surface area (Å²) in [6, 6.07) is 1.54. The third-order valence-corrected chi connectivity index (χ3v) is 4.21. The van der Waals surface area contributed by atoms with E-state index in [4.69, 9.17) is 4.42 Å². The van der Waals surface area contributed by atoms with Crippen LogP contribution in [-0.2, 0) is 23.6 Å². The minimum Gasteiger partial charge on any atom is -0.464 e. The number of hydrogen-bond acceptors (Lipinski definition) is 5. The van der Waals surface area contributed by atoms with Crippen LogP contribution >= 0.6 is 0 Å². The van der Waals surface area contributed by atoms with Crippen molar-refractivity contribution in [2.24, 2.45) is 7.05 Å². The first-order valence-corrected chi connectivity index (χ1v) is 7.72. The molecule has 0 amide bonds. The summed E-state index contributed by atoms with van der Waals surface area (Å²) in [4.78, 5) is 0.147. The van der Waals surface area contributed by atoms with Gasteiger partial charge in [0.05, 0.1) is 18.4 Å². The average Bonchev–Trinajstić information content (AvgIpc) is 2.93. The van der Waals surface area contributed by atoms with Gasteiger partial charge in [0.15, 0.2) is 0 Å². The summed E-state index contributed by atoms with van der Waals surface area (Å²) in [6.07, 6.45) is 3.04. The lowest BCUT2D eigenvalue weighted by molar-refractivity contribution is 0.460. The van der Waals surface area contributed by atoms with E-state index < -0.39 is 10.0 Å². The fourth-order valence-corrected chi connectivity index (χ4v) is 3.04. The maximum absolute atomic E-state index is 12.3. The molecule has 0 aliphatic heterocycles. The first-order valence-electron chi connectivity index (χ1n) is 6.24. The highest BCUT2D eigenvalue weighted by atomic mass is 32.2. The predicted molar refractivity (Wildman–Crippen MR) is 74.8 cm³/mol. The Kier molecular flexibility index (Phi) is 4.15. The van der Waals surface area contributed by atoms with Gasteiger partial charge in [0.25, 0.3) is 10.0 Å². The van der Waals surface area contributed by atoms with Crippen molar-refractivity contribution >= 4 is 15.7 Å². The first kappa shape index (κ1) is 14.6. The summed E-state index contributed by atoms with van der Waals surface area (Å²) in [5.74, 6) is 0.963. The Labute approximate surface area is 118 Å². The third kappa shape index (κ3) is 3.20. The number of nitrogens with one attached hydrogen (secondary N) is 2. The van der Waals surface area contributed by atoms with Gasteiger partial charge < -0.3 is 9.73 Å². The maximum Gasteiger partial charge on any atom is 0.265 e. The Morgan fingerprint density at radius 3 is 2.80 bits per heavy atom. The lowest BCUT2D eigenvalue weighted by Gasteiger charge is -2.03. The summed E-state index contributed by atoms with van der Waals surface area (Å²) in [5, 5.41) is 7.01. The van der Waals surface area contributed by atoms with Crippen LogP contribution < -0.4 is 10.0 Å². The second-order valence-electron chi connectivity index (χ2n) is 4.42. The van der Waals surface area contributed by atoms with Gasteiger partial charge in [-0.25, -0.2) is 8.42 Å². The quantitative estimate of drug-likeness (QED) is 0.837. The minimum absolute atomic E-state index is 0.147. The molecule has 2 aromatic rings. The van der Waals surface area contributed by atoms with Crippen LogP contribution in [0.4, 0.5) is 5.69 Å². The van der Waals surface area contributed by atoms with Gasteiger partial charge >= 0.3 is 0 Å². The van der Waals surface area contributed by atoms with Crippen LogP contribution in [0.25, 0.3) is 0 Å². The molecule has 0 fully saturated rings. The predicted octanol–water partition coefficient (Wildman–Crippen LogP) is 1.23. The molecule has 0 atom stereocenters. The van der Waals surface area contributed by atoms with Gasteiger partial charge in [-0.3, -0.25) is 9.40 Å². The number of aromatic nitrogens is 2. The molecule has 20 heavy (non-hydrogen) atoms. The molecule has 0 aliphatic rings. The summed E-state index contributed by atoms with van der Waals surface area (Å²) >= 11 is 0. The number of sulfonamides is 1. The van der Waals surface area contributed by atoms with Gasteiger partial charge in [-0.1, -0.05) is 6.92 Å². The number of aryl methyl sites for hydroxylation is 2. The Morgan fingerprint density at radius 2 is 2.20 bits per heavy atom. The highest BCUT2D eigenvalue weighted by Crippen LogP contribution is 2.22. The van der Waals surface area contributed by atoms with Gasteiger partial charge in [-0.15, -0.1) is 0 Å². The minimum atomic E-state index is -3.66. The summed E-state index contributed by atoms with van der Waals surface area (Å²) < 4.78 is 34.0. The molecule has 2 aromatic heterocycles. The van der Waals surface area contributed by atoms with Crippen molar-refractivity contribution in [3.8, 4) is 0 Å². The smallest absolute Gasteiger partial charge is 0.265 e. The molecule has 0 radical (unpaired) electrons. The Bertz CT molecular complexity index is 687. The van der Waals surface area contributed by atoms with Crippen molar-refractivity contribution in [3.63, 3.8) is 0 Å². The molecule has 2 rings (SSSR count). The molecule has 0 unspecified atom stereocenters. The number of furan rings is 1. The van der Waals surface area contributed by atoms with E-state index >= 15 is 0 Å². The van der Waals surface area contributed by atoms with Crippen LogP contribution in [0.2, 0.25) is 0 Å². The van der Waals surface area contributed by atoms with Gasteiger partial charge in [0.2, 0.25) is 0 Å². The van der Waals surface area contributed by atoms with Crippen LogP contribution in [0, 0.1) is 6.92 Å². The molecule has 0 saturated carbocycles. The van der Waals surface area contributed by atoms with Gasteiger partial charge in [0, 0.05) is 19.3 Å². The fraction of sp³-hybridized carbons (Fsp3) is 0.417. The van der Waals surface area contributed by atoms with Crippen LogP contribution in [0.1, 0.15) is 18.4 Å². The van der Waals surface area contributed by atoms with Gasteiger partial charge in [-0.05, 0) is 13.5 Å². The van der Waals surface area contributed by atoms with Crippen molar-refractivity contribution < 1.29 is 12.8 Å². The van der Waals surface area contributed by atoms with E-state index in [9.17, 15) is 8.42 Å². The van der Waals surface area contributed by atoms with Crippen molar-refractivity contribution in [2.75, 3.05) is 11.3 Å². The van der Waals surface area contributed by atoms with Crippen molar-refractivity contribution in [1.82, 2.24) is 15.1 Å². The summed E-state index contributed by atoms with van der Waals surface area (Å²) in [7, 11) is -1.94. The third-order valence-electron chi connectivity index (χ3n) is 2.72. The molecule has 2 N–H and O–H groups in total. The highest BCUT2D eigenvalue weighted by Gasteiger charge is 2.21. The van der Waals surface area contributed by atoms with E-state index in [1.807, 2.05) is 6.92 Å². The average molecular weight is 298 g/mol. The van der Waals surface area contributed by atoms with Gasteiger partial charge in [-0.2, -0.15) is 5.10 Å². The zero-order valence-corrected chi connectivity index (χ0v) is 12.5. The summed E-state index contributed by atoms with van der Waals surface area (Å²) in [6.45, 7) is 4.89. The van der Waals surface area contributed by atoms with Crippen LogP contribution in [0.3, 0.4) is 0 Å². The second kappa shape index (κ2) is 5.68. The van der Waals surface area contributed by atoms with Crippen LogP contribution in [-0.4, -0.2) is 24.7 Å². The molecule has 0 aliphatic carbocycles. The fourth-order valence-electron chi connectivity index (χ4n) is 1.81. The molecule has 0 aromatic carbocycles. The molecule has 0 bridgehead atoms. The molecule has 7 nitrogen and oxygen atoms in total. The topological polar surface area (TPSA) is 89.2 Å². The Morgan fingerprint density at radius 1 is 1.45 bits per heavy atom. The number of anilines is 1. The Balaban J connectivity index is 2.22. The second-order valence-corrected chi connectivity index (χ2v) is 6.07. The maximum atomic E-state index is 12.3. The van der Waals surface area contributed by atoms with Crippen molar-refractivity contribution in [2.45, 2.75) is 25.3 Å². The number of hydrogen-bond donors (Lipinski definition) is 2. The lowest BCUT2D eigenvalue weighted by Crippen LogP contribution is -2.13. The molecule has 2 heterocycles. The van der Waals surface area contributed by atoms with E-state index in [2.05, 4.69) is 15.1 Å². The monoisotopic (exact) mass is 298 g/mol. The van der Waals surface area contributed by atoms with Crippen molar-refractivity contribution in [1.29, 1.82) is 0 Å². The molecule has 8 heteroatoms. The van der Waals surface area contributed by atoms with E-state index in [1.165, 1.54) is 16.9 Å². The molecule has 0 saturated heterocycles. The van der Waals surface area contributed by atoms with Crippen LogP contribution in [0.5, 0.6) is 0 Å². The zero-order valence-electron chi connectivity index (χ0n) is 11.7. The van der Waals surface area contributed by atoms with Crippen LogP contribution in [0.15, 0.2) is 27.8 Å².